The SMILES string of the molecule is C[C@H]1CO[C@@H](CCCl)O1. The van der Waals surface area contributed by atoms with Crippen LogP contribution in [0.15, 0.2) is 0 Å². The molecule has 0 spiro atoms. The summed E-state index contributed by atoms with van der Waals surface area (Å²) < 4.78 is 10.5. The monoisotopic (exact) mass is 150 g/mol. The molecule has 0 N–H and O–H groups in total. The minimum Gasteiger partial charge on any atom is -0.350 e. The molecule has 0 amide bonds. The Bertz CT molecular complexity index is 85.1. The summed E-state index contributed by atoms with van der Waals surface area (Å²) in [5.74, 6) is 0.609. The molecule has 0 saturated carbocycles. The zero-order chi connectivity index (χ0) is 6.69. The van der Waals surface area contributed by atoms with Crippen molar-refractivity contribution in [2.75, 3.05) is 12.5 Å². The van der Waals surface area contributed by atoms with Crippen LogP contribution in [-0.2, 0) is 9.47 Å². The van der Waals surface area contributed by atoms with Gasteiger partial charge in [0.05, 0.1) is 12.7 Å². The van der Waals surface area contributed by atoms with Gasteiger partial charge in [-0.15, -0.1) is 11.6 Å². The fourth-order valence-electron chi connectivity index (χ4n) is 0.821. The number of hydrogen-bond acceptors (Lipinski definition) is 2. The Labute approximate surface area is 60.1 Å². The second kappa shape index (κ2) is 3.40. The van der Waals surface area contributed by atoms with Gasteiger partial charge in [-0.05, 0) is 6.92 Å². The third-order valence-electron chi connectivity index (χ3n) is 1.25. The van der Waals surface area contributed by atoms with Gasteiger partial charge in [0.25, 0.3) is 0 Å². The van der Waals surface area contributed by atoms with E-state index in [0.717, 1.165) is 6.42 Å². The van der Waals surface area contributed by atoms with Crippen molar-refractivity contribution in [2.24, 2.45) is 0 Å². The first kappa shape index (κ1) is 7.32. The smallest absolute Gasteiger partial charge is 0.159 e. The Morgan fingerprint density at radius 3 is 2.89 bits per heavy atom. The van der Waals surface area contributed by atoms with Crippen LogP contribution in [0.2, 0.25) is 0 Å². The van der Waals surface area contributed by atoms with Crippen LogP contribution in [0.4, 0.5) is 0 Å². The van der Waals surface area contributed by atoms with Crippen molar-refractivity contribution in [3.8, 4) is 0 Å². The summed E-state index contributed by atoms with van der Waals surface area (Å²) in [5, 5.41) is 0. The van der Waals surface area contributed by atoms with Gasteiger partial charge in [0.15, 0.2) is 6.29 Å². The lowest BCUT2D eigenvalue weighted by molar-refractivity contribution is -0.0551. The molecule has 1 aliphatic rings. The van der Waals surface area contributed by atoms with Gasteiger partial charge in [-0.1, -0.05) is 0 Å². The standard InChI is InChI=1S/C6H11ClO2/c1-5-4-8-6(9-5)2-3-7/h5-6H,2-4H2,1H3/t5-,6+/m0/s1. The maximum absolute atomic E-state index is 5.47. The number of halogens is 1. The second-order valence-electron chi connectivity index (χ2n) is 2.19. The van der Waals surface area contributed by atoms with Crippen molar-refractivity contribution in [3.05, 3.63) is 0 Å². The predicted octanol–water partition coefficient (Wildman–Crippen LogP) is 1.38. The molecule has 0 aromatic heterocycles. The first-order chi connectivity index (χ1) is 4.33. The molecular weight excluding hydrogens is 140 g/mol. The summed E-state index contributed by atoms with van der Waals surface area (Å²) >= 11 is 5.47. The molecule has 0 aliphatic carbocycles. The van der Waals surface area contributed by atoms with Gasteiger partial charge in [-0.25, -0.2) is 0 Å². The molecule has 0 aromatic rings. The normalized spacial score (nSPS) is 35.3. The number of rotatable bonds is 2. The van der Waals surface area contributed by atoms with Crippen LogP contribution in [0.1, 0.15) is 13.3 Å². The summed E-state index contributed by atoms with van der Waals surface area (Å²) in [5.41, 5.74) is 0. The van der Waals surface area contributed by atoms with E-state index in [1.165, 1.54) is 0 Å². The van der Waals surface area contributed by atoms with Crippen molar-refractivity contribution >= 4 is 11.6 Å². The van der Waals surface area contributed by atoms with Gasteiger partial charge in [-0.3, -0.25) is 0 Å². The molecule has 1 aliphatic heterocycles. The fraction of sp³-hybridized carbons (Fsp3) is 1.00. The van der Waals surface area contributed by atoms with E-state index >= 15 is 0 Å². The van der Waals surface area contributed by atoms with E-state index in [2.05, 4.69) is 0 Å². The first-order valence-corrected chi connectivity index (χ1v) is 3.69. The molecule has 0 unspecified atom stereocenters. The van der Waals surface area contributed by atoms with Gasteiger partial charge >= 0.3 is 0 Å². The number of alkyl halides is 1. The summed E-state index contributed by atoms with van der Waals surface area (Å²) in [7, 11) is 0. The molecule has 2 atom stereocenters. The van der Waals surface area contributed by atoms with Crippen molar-refractivity contribution in [1.82, 2.24) is 0 Å². The summed E-state index contributed by atoms with van der Waals surface area (Å²) in [6, 6.07) is 0. The lowest BCUT2D eigenvalue weighted by Gasteiger charge is -2.05. The molecule has 1 heterocycles. The molecule has 0 bridgehead atoms. The van der Waals surface area contributed by atoms with Crippen LogP contribution < -0.4 is 0 Å². The highest BCUT2D eigenvalue weighted by Crippen LogP contribution is 2.13. The van der Waals surface area contributed by atoms with Crippen molar-refractivity contribution in [3.63, 3.8) is 0 Å². The van der Waals surface area contributed by atoms with Crippen LogP contribution in [0.5, 0.6) is 0 Å². The molecule has 1 fully saturated rings. The maximum atomic E-state index is 5.47. The van der Waals surface area contributed by atoms with E-state index in [1.807, 2.05) is 6.92 Å². The number of ether oxygens (including phenoxy) is 2. The molecule has 3 heteroatoms. The van der Waals surface area contributed by atoms with E-state index < -0.39 is 0 Å². The Morgan fingerprint density at radius 1 is 1.67 bits per heavy atom. The lowest BCUT2D eigenvalue weighted by Crippen LogP contribution is -2.09. The van der Waals surface area contributed by atoms with E-state index in [-0.39, 0.29) is 12.4 Å². The quantitative estimate of drug-likeness (QED) is 0.554. The van der Waals surface area contributed by atoms with E-state index in [0.29, 0.717) is 12.5 Å². The van der Waals surface area contributed by atoms with E-state index in [1.54, 1.807) is 0 Å². The summed E-state index contributed by atoms with van der Waals surface area (Å²) in [6.45, 7) is 2.70. The first-order valence-electron chi connectivity index (χ1n) is 3.16. The zero-order valence-electron chi connectivity index (χ0n) is 5.47. The van der Waals surface area contributed by atoms with Crippen LogP contribution in [0.3, 0.4) is 0 Å². The van der Waals surface area contributed by atoms with Crippen molar-refractivity contribution in [1.29, 1.82) is 0 Å². The fourth-order valence-corrected chi connectivity index (χ4v) is 0.999. The topological polar surface area (TPSA) is 18.5 Å². The highest BCUT2D eigenvalue weighted by molar-refractivity contribution is 6.17. The van der Waals surface area contributed by atoms with Gasteiger partial charge < -0.3 is 9.47 Å². The molecule has 54 valence electrons. The average Bonchev–Trinajstić information content (AvgIpc) is 2.17. The lowest BCUT2D eigenvalue weighted by atomic mass is 10.4. The van der Waals surface area contributed by atoms with Crippen LogP contribution in [0, 0.1) is 0 Å². The van der Waals surface area contributed by atoms with Gasteiger partial charge in [-0.2, -0.15) is 0 Å². The largest absolute Gasteiger partial charge is 0.350 e. The highest BCUT2D eigenvalue weighted by atomic mass is 35.5. The van der Waals surface area contributed by atoms with Crippen LogP contribution >= 0.6 is 11.6 Å². The zero-order valence-corrected chi connectivity index (χ0v) is 6.23. The minimum absolute atomic E-state index is 0.0440. The Kier molecular flexibility index (Phi) is 2.76. The maximum Gasteiger partial charge on any atom is 0.159 e. The molecule has 1 rings (SSSR count). The average molecular weight is 151 g/mol. The Balaban J connectivity index is 2.14. The Hall–Kier alpha value is 0.210. The molecule has 9 heavy (non-hydrogen) atoms. The highest BCUT2D eigenvalue weighted by Gasteiger charge is 2.20. The van der Waals surface area contributed by atoms with Gasteiger partial charge in [0.1, 0.15) is 0 Å². The summed E-state index contributed by atoms with van der Waals surface area (Å²) in [4.78, 5) is 0. The number of hydrogen-bond donors (Lipinski definition) is 0. The summed E-state index contributed by atoms with van der Waals surface area (Å²) in [6.07, 6.45) is 1.00. The Morgan fingerprint density at radius 2 is 2.44 bits per heavy atom. The van der Waals surface area contributed by atoms with Crippen LogP contribution in [-0.4, -0.2) is 24.9 Å². The molecule has 2 nitrogen and oxygen atoms in total. The molecule has 1 saturated heterocycles. The van der Waals surface area contributed by atoms with E-state index in [4.69, 9.17) is 21.1 Å². The second-order valence-corrected chi connectivity index (χ2v) is 2.57. The van der Waals surface area contributed by atoms with E-state index in [9.17, 15) is 0 Å². The van der Waals surface area contributed by atoms with Crippen molar-refractivity contribution < 1.29 is 9.47 Å². The minimum atomic E-state index is -0.0440. The van der Waals surface area contributed by atoms with Gasteiger partial charge in [0.2, 0.25) is 0 Å². The van der Waals surface area contributed by atoms with Crippen LogP contribution in [0.25, 0.3) is 0 Å². The third-order valence-corrected chi connectivity index (χ3v) is 1.46. The molecule has 0 aromatic carbocycles. The van der Waals surface area contributed by atoms with Gasteiger partial charge in [0, 0.05) is 12.3 Å². The predicted molar refractivity (Wildman–Crippen MR) is 35.6 cm³/mol. The molecule has 0 radical (unpaired) electrons. The third kappa shape index (κ3) is 2.12. The molecular formula is C6H11ClO2. The van der Waals surface area contributed by atoms with Crippen molar-refractivity contribution in [2.45, 2.75) is 25.7 Å².